The zero-order chi connectivity index (χ0) is 12.1. The number of hydrogen-bond acceptors (Lipinski definition) is 3. The Balaban J connectivity index is 2.08. The molecule has 1 aliphatic rings. The standard InChI is InChI=1S/C14H20O3/c1-11(10-15)12-6-2-3-7-13(12)17-14-8-4-5-9-16-14/h2-3,6-7,11,14-15H,4-5,8-10H2,1H3. The predicted octanol–water partition coefficient (Wildman–Crippen LogP) is 2.69. The van der Waals surface area contributed by atoms with Crippen LogP contribution in [-0.4, -0.2) is 24.6 Å². The van der Waals surface area contributed by atoms with Crippen LogP contribution in [0.5, 0.6) is 5.75 Å². The number of rotatable bonds is 4. The third kappa shape index (κ3) is 3.20. The van der Waals surface area contributed by atoms with Gasteiger partial charge in [-0.1, -0.05) is 25.1 Å². The van der Waals surface area contributed by atoms with Crippen LogP contribution >= 0.6 is 0 Å². The van der Waals surface area contributed by atoms with E-state index >= 15 is 0 Å². The van der Waals surface area contributed by atoms with Gasteiger partial charge in [0.15, 0.2) is 6.29 Å². The third-order valence-electron chi connectivity index (χ3n) is 3.12. The highest BCUT2D eigenvalue weighted by atomic mass is 16.7. The number of aliphatic hydroxyl groups is 1. The van der Waals surface area contributed by atoms with Crippen molar-refractivity contribution in [2.45, 2.75) is 38.4 Å². The van der Waals surface area contributed by atoms with Crippen molar-refractivity contribution in [3.63, 3.8) is 0 Å². The molecule has 17 heavy (non-hydrogen) atoms. The van der Waals surface area contributed by atoms with Gasteiger partial charge in [-0.2, -0.15) is 0 Å². The molecule has 1 fully saturated rings. The molecule has 1 aromatic carbocycles. The number of para-hydroxylation sites is 1. The van der Waals surface area contributed by atoms with Gasteiger partial charge in [-0.3, -0.25) is 0 Å². The minimum Gasteiger partial charge on any atom is -0.465 e. The first kappa shape index (κ1) is 12.4. The number of hydrogen-bond donors (Lipinski definition) is 1. The van der Waals surface area contributed by atoms with Crippen molar-refractivity contribution in [1.82, 2.24) is 0 Å². The molecule has 0 aliphatic carbocycles. The van der Waals surface area contributed by atoms with E-state index in [1.807, 2.05) is 31.2 Å². The molecule has 0 bridgehead atoms. The van der Waals surface area contributed by atoms with Gasteiger partial charge in [0.1, 0.15) is 5.75 Å². The van der Waals surface area contributed by atoms with Crippen molar-refractivity contribution < 1.29 is 14.6 Å². The molecule has 1 aromatic rings. The van der Waals surface area contributed by atoms with Gasteiger partial charge in [-0.05, 0) is 24.5 Å². The van der Waals surface area contributed by atoms with Crippen molar-refractivity contribution >= 4 is 0 Å². The summed E-state index contributed by atoms with van der Waals surface area (Å²) in [5, 5.41) is 9.23. The summed E-state index contributed by atoms with van der Waals surface area (Å²) in [4.78, 5) is 0. The van der Waals surface area contributed by atoms with Crippen LogP contribution in [0.25, 0.3) is 0 Å². The van der Waals surface area contributed by atoms with Crippen LogP contribution in [0.2, 0.25) is 0 Å². The number of aliphatic hydroxyl groups excluding tert-OH is 1. The van der Waals surface area contributed by atoms with Crippen LogP contribution in [0.15, 0.2) is 24.3 Å². The number of benzene rings is 1. The molecule has 0 saturated carbocycles. The van der Waals surface area contributed by atoms with E-state index in [2.05, 4.69) is 0 Å². The second kappa shape index (κ2) is 6.03. The first-order chi connectivity index (χ1) is 8.31. The maximum absolute atomic E-state index is 9.23. The largest absolute Gasteiger partial charge is 0.465 e. The molecule has 2 unspecified atom stereocenters. The Labute approximate surface area is 102 Å². The molecule has 0 aromatic heterocycles. The minimum absolute atomic E-state index is 0.0924. The molecule has 0 spiro atoms. The molecule has 0 radical (unpaired) electrons. The molecule has 3 heteroatoms. The zero-order valence-corrected chi connectivity index (χ0v) is 10.3. The van der Waals surface area contributed by atoms with E-state index in [1.54, 1.807) is 0 Å². The molecule has 2 atom stereocenters. The average Bonchev–Trinajstić information content (AvgIpc) is 2.40. The molecule has 1 heterocycles. The van der Waals surface area contributed by atoms with Crippen molar-refractivity contribution in [2.75, 3.05) is 13.2 Å². The SMILES string of the molecule is CC(CO)c1ccccc1OC1CCCCO1. The first-order valence-electron chi connectivity index (χ1n) is 6.29. The summed E-state index contributed by atoms with van der Waals surface area (Å²) >= 11 is 0. The lowest BCUT2D eigenvalue weighted by Gasteiger charge is -2.25. The fourth-order valence-electron chi connectivity index (χ4n) is 2.04. The summed E-state index contributed by atoms with van der Waals surface area (Å²) < 4.78 is 11.4. The van der Waals surface area contributed by atoms with Gasteiger partial charge in [0.2, 0.25) is 0 Å². The topological polar surface area (TPSA) is 38.7 Å². The van der Waals surface area contributed by atoms with Gasteiger partial charge in [-0.15, -0.1) is 0 Å². The van der Waals surface area contributed by atoms with E-state index in [9.17, 15) is 5.11 Å². The number of ether oxygens (including phenoxy) is 2. The van der Waals surface area contributed by atoms with Gasteiger partial charge in [0.05, 0.1) is 6.61 Å². The quantitative estimate of drug-likeness (QED) is 0.873. The van der Waals surface area contributed by atoms with E-state index in [0.717, 1.165) is 37.2 Å². The van der Waals surface area contributed by atoms with Gasteiger partial charge in [-0.25, -0.2) is 0 Å². The van der Waals surface area contributed by atoms with Gasteiger partial charge >= 0.3 is 0 Å². The minimum atomic E-state index is -0.129. The van der Waals surface area contributed by atoms with Crippen molar-refractivity contribution in [2.24, 2.45) is 0 Å². The Kier molecular flexibility index (Phi) is 4.40. The fraction of sp³-hybridized carbons (Fsp3) is 0.571. The second-order valence-corrected chi connectivity index (χ2v) is 4.54. The lowest BCUT2D eigenvalue weighted by molar-refractivity contribution is -0.106. The van der Waals surface area contributed by atoms with Crippen molar-refractivity contribution in [1.29, 1.82) is 0 Å². The third-order valence-corrected chi connectivity index (χ3v) is 3.12. The maximum atomic E-state index is 9.23. The lowest BCUT2D eigenvalue weighted by atomic mass is 10.0. The Bertz CT molecular complexity index is 345. The summed E-state index contributed by atoms with van der Waals surface area (Å²) in [6.45, 7) is 2.90. The van der Waals surface area contributed by atoms with Crippen molar-refractivity contribution in [3.8, 4) is 5.75 Å². The molecule has 1 aliphatic heterocycles. The normalized spacial score (nSPS) is 22.1. The molecule has 1 saturated heterocycles. The van der Waals surface area contributed by atoms with Crippen LogP contribution in [0.3, 0.4) is 0 Å². The van der Waals surface area contributed by atoms with Crippen LogP contribution in [0.1, 0.15) is 37.7 Å². The second-order valence-electron chi connectivity index (χ2n) is 4.54. The first-order valence-corrected chi connectivity index (χ1v) is 6.29. The zero-order valence-electron chi connectivity index (χ0n) is 10.3. The van der Waals surface area contributed by atoms with Gasteiger partial charge in [0.25, 0.3) is 0 Å². The Morgan fingerprint density at radius 1 is 1.41 bits per heavy atom. The highest BCUT2D eigenvalue weighted by Crippen LogP contribution is 2.28. The van der Waals surface area contributed by atoms with Gasteiger partial charge in [0, 0.05) is 18.9 Å². The van der Waals surface area contributed by atoms with E-state index in [-0.39, 0.29) is 18.8 Å². The summed E-state index contributed by atoms with van der Waals surface area (Å²) in [6, 6.07) is 7.86. The van der Waals surface area contributed by atoms with Crippen LogP contribution in [0.4, 0.5) is 0 Å². The Morgan fingerprint density at radius 3 is 2.94 bits per heavy atom. The molecule has 2 rings (SSSR count). The molecular weight excluding hydrogens is 216 g/mol. The van der Waals surface area contributed by atoms with E-state index in [4.69, 9.17) is 9.47 Å². The molecule has 3 nitrogen and oxygen atoms in total. The van der Waals surface area contributed by atoms with E-state index < -0.39 is 0 Å². The predicted molar refractivity (Wildman–Crippen MR) is 66.2 cm³/mol. The monoisotopic (exact) mass is 236 g/mol. The summed E-state index contributed by atoms with van der Waals surface area (Å²) in [7, 11) is 0. The van der Waals surface area contributed by atoms with E-state index in [1.165, 1.54) is 0 Å². The highest BCUT2D eigenvalue weighted by Gasteiger charge is 2.18. The summed E-state index contributed by atoms with van der Waals surface area (Å²) in [6.07, 6.45) is 3.09. The van der Waals surface area contributed by atoms with Gasteiger partial charge < -0.3 is 14.6 Å². The smallest absolute Gasteiger partial charge is 0.199 e. The highest BCUT2D eigenvalue weighted by molar-refractivity contribution is 5.36. The summed E-state index contributed by atoms with van der Waals surface area (Å²) in [5.41, 5.74) is 1.05. The molecule has 94 valence electrons. The molecular formula is C14H20O3. The maximum Gasteiger partial charge on any atom is 0.199 e. The van der Waals surface area contributed by atoms with Crippen LogP contribution in [0, 0.1) is 0 Å². The van der Waals surface area contributed by atoms with Crippen LogP contribution < -0.4 is 4.74 Å². The lowest BCUT2D eigenvalue weighted by Crippen LogP contribution is -2.25. The Hall–Kier alpha value is -1.06. The average molecular weight is 236 g/mol. The Morgan fingerprint density at radius 2 is 2.24 bits per heavy atom. The molecule has 1 N–H and O–H groups in total. The van der Waals surface area contributed by atoms with E-state index in [0.29, 0.717) is 0 Å². The summed E-state index contributed by atoms with van der Waals surface area (Å²) in [5.74, 6) is 0.927. The fourth-order valence-corrected chi connectivity index (χ4v) is 2.04. The molecule has 0 amide bonds. The van der Waals surface area contributed by atoms with Crippen LogP contribution in [-0.2, 0) is 4.74 Å². The van der Waals surface area contributed by atoms with Crippen molar-refractivity contribution in [3.05, 3.63) is 29.8 Å².